The number of benzene rings is 9. The molecular formula is C56H38N2. The van der Waals surface area contributed by atoms with Gasteiger partial charge in [0.1, 0.15) is 0 Å². The number of hydrogen-bond acceptors (Lipinski definition) is 1. The second kappa shape index (κ2) is 12.4. The molecule has 0 aliphatic heterocycles. The summed E-state index contributed by atoms with van der Waals surface area (Å²) in [5.41, 5.74) is 16.9. The van der Waals surface area contributed by atoms with Crippen molar-refractivity contribution < 1.29 is 0 Å². The SMILES string of the molecule is CC1(C)c2ccccc2-c2cc(-c3ccc4c(c3)c3cccc(-c5cccc(-c6ccc7c8ccccc8c8ccccc8c7n6)c5)c3n4-c3ccccc3)ccc21. The normalized spacial score (nSPS) is 13.1. The van der Waals surface area contributed by atoms with Crippen molar-refractivity contribution >= 4 is 54.3 Å². The fraction of sp³-hybridized carbons (Fsp3) is 0.0536. The smallest absolute Gasteiger partial charge is 0.0794 e. The summed E-state index contributed by atoms with van der Waals surface area (Å²) in [7, 11) is 0. The Morgan fingerprint density at radius 1 is 0.379 bits per heavy atom. The van der Waals surface area contributed by atoms with E-state index in [0.29, 0.717) is 0 Å². The van der Waals surface area contributed by atoms with Gasteiger partial charge in [-0.2, -0.15) is 0 Å². The minimum atomic E-state index is -0.0150. The monoisotopic (exact) mass is 738 g/mol. The van der Waals surface area contributed by atoms with Gasteiger partial charge in [0.15, 0.2) is 0 Å². The first-order valence-corrected chi connectivity index (χ1v) is 20.2. The van der Waals surface area contributed by atoms with E-state index in [1.165, 1.54) is 87.7 Å². The van der Waals surface area contributed by atoms with Crippen LogP contribution < -0.4 is 0 Å². The van der Waals surface area contributed by atoms with E-state index in [4.69, 9.17) is 4.98 Å². The summed E-state index contributed by atoms with van der Waals surface area (Å²) in [6, 6.07) is 71.2. The number of rotatable bonds is 4. The molecule has 272 valence electrons. The van der Waals surface area contributed by atoms with Gasteiger partial charge in [0, 0.05) is 43.8 Å². The number of aromatic nitrogens is 2. The van der Waals surface area contributed by atoms with E-state index in [-0.39, 0.29) is 5.41 Å². The maximum atomic E-state index is 5.40. The van der Waals surface area contributed by atoms with Crippen molar-refractivity contribution in [3.63, 3.8) is 0 Å². The molecular weight excluding hydrogens is 701 g/mol. The lowest BCUT2D eigenvalue weighted by Gasteiger charge is -2.21. The van der Waals surface area contributed by atoms with Crippen LogP contribution in [0.4, 0.5) is 0 Å². The van der Waals surface area contributed by atoms with E-state index in [2.05, 4.69) is 213 Å². The van der Waals surface area contributed by atoms with Gasteiger partial charge in [0.25, 0.3) is 0 Å². The molecule has 0 N–H and O–H groups in total. The van der Waals surface area contributed by atoms with E-state index in [1.807, 2.05) is 0 Å². The Labute approximate surface area is 337 Å². The maximum Gasteiger partial charge on any atom is 0.0794 e. The summed E-state index contributed by atoms with van der Waals surface area (Å²) in [6.45, 7) is 4.69. The van der Waals surface area contributed by atoms with Crippen LogP contribution in [0.1, 0.15) is 25.0 Å². The number of para-hydroxylation sites is 2. The van der Waals surface area contributed by atoms with Gasteiger partial charge >= 0.3 is 0 Å². The summed E-state index contributed by atoms with van der Waals surface area (Å²) in [5, 5.41) is 8.57. The molecule has 2 heteroatoms. The Morgan fingerprint density at radius 3 is 1.81 bits per heavy atom. The third kappa shape index (κ3) is 4.75. The van der Waals surface area contributed by atoms with Crippen LogP contribution in [-0.2, 0) is 5.41 Å². The predicted molar refractivity (Wildman–Crippen MR) is 245 cm³/mol. The second-order valence-corrected chi connectivity index (χ2v) is 16.3. The largest absolute Gasteiger partial charge is 0.309 e. The fourth-order valence-corrected chi connectivity index (χ4v) is 9.99. The molecule has 0 unspecified atom stereocenters. The average Bonchev–Trinajstić information content (AvgIpc) is 3.74. The highest BCUT2D eigenvalue weighted by Gasteiger charge is 2.35. The van der Waals surface area contributed by atoms with Crippen molar-refractivity contribution in [3.05, 3.63) is 205 Å². The average molecular weight is 739 g/mol. The molecule has 0 saturated carbocycles. The molecule has 1 aliphatic carbocycles. The molecule has 2 heterocycles. The van der Waals surface area contributed by atoms with Crippen LogP contribution in [0.15, 0.2) is 194 Å². The van der Waals surface area contributed by atoms with Gasteiger partial charge in [-0.25, -0.2) is 4.98 Å². The molecule has 0 radical (unpaired) electrons. The van der Waals surface area contributed by atoms with Gasteiger partial charge in [-0.05, 0) is 104 Å². The van der Waals surface area contributed by atoms with Gasteiger partial charge in [0.2, 0.25) is 0 Å². The van der Waals surface area contributed by atoms with E-state index in [9.17, 15) is 0 Å². The first-order chi connectivity index (χ1) is 28.5. The van der Waals surface area contributed by atoms with Crippen molar-refractivity contribution in [2.45, 2.75) is 19.3 Å². The highest BCUT2D eigenvalue weighted by molar-refractivity contribution is 6.24. The molecule has 0 atom stereocenters. The number of nitrogens with zero attached hydrogens (tertiary/aromatic N) is 2. The Balaban J connectivity index is 1.03. The van der Waals surface area contributed by atoms with E-state index in [0.717, 1.165) is 28.0 Å². The Kier molecular flexibility index (Phi) is 7.01. The van der Waals surface area contributed by atoms with Crippen LogP contribution in [0.5, 0.6) is 0 Å². The third-order valence-electron chi connectivity index (χ3n) is 12.8. The molecule has 0 saturated heterocycles. The Bertz CT molecular complexity index is 3440. The second-order valence-electron chi connectivity index (χ2n) is 16.3. The number of fused-ring (bicyclic) bond motifs is 12. The van der Waals surface area contributed by atoms with Gasteiger partial charge in [0.05, 0.1) is 22.2 Å². The summed E-state index contributed by atoms with van der Waals surface area (Å²) >= 11 is 0. The minimum Gasteiger partial charge on any atom is -0.309 e. The van der Waals surface area contributed by atoms with Gasteiger partial charge in [-0.1, -0.05) is 159 Å². The number of pyridine rings is 1. The van der Waals surface area contributed by atoms with Crippen molar-refractivity contribution in [1.29, 1.82) is 0 Å². The topological polar surface area (TPSA) is 17.8 Å². The van der Waals surface area contributed by atoms with Crippen molar-refractivity contribution in [3.8, 4) is 50.3 Å². The van der Waals surface area contributed by atoms with Crippen LogP contribution in [0, 0.1) is 0 Å². The third-order valence-corrected chi connectivity index (χ3v) is 12.8. The first-order valence-electron chi connectivity index (χ1n) is 20.2. The van der Waals surface area contributed by atoms with Gasteiger partial charge in [-0.3, -0.25) is 0 Å². The maximum absolute atomic E-state index is 5.40. The lowest BCUT2D eigenvalue weighted by Crippen LogP contribution is -2.14. The molecule has 2 aromatic heterocycles. The Hall–Kier alpha value is -7.29. The highest BCUT2D eigenvalue weighted by Crippen LogP contribution is 2.50. The van der Waals surface area contributed by atoms with Gasteiger partial charge < -0.3 is 4.57 Å². The molecule has 58 heavy (non-hydrogen) atoms. The summed E-state index contributed by atoms with van der Waals surface area (Å²) in [4.78, 5) is 5.40. The van der Waals surface area contributed by atoms with Crippen LogP contribution in [0.3, 0.4) is 0 Å². The highest BCUT2D eigenvalue weighted by atomic mass is 15.0. The van der Waals surface area contributed by atoms with E-state index < -0.39 is 0 Å². The van der Waals surface area contributed by atoms with Crippen LogP contribution in [0.2, 0.25) is 0 Å². The summed E-state index contributed by atoms with van der Waals surface area (Å²) in [6.07, 6.45) is 0. The zero-order valence-electron chi connectivity index (χ0n) is 32.4. The zero-order valence-corrected chi connectivity index (χ0v) is 32.4. The lowest BCUT2D eigenvalue weighted by molar-refractivity contribution is 0.660. The molecule has 2 nitrogen and oxygen atoms in total. The van der Waals surface area contributed by atoms with Crippen molar-refractivity contribution in [1.82, 2.24) is 9.55 Å². The zero-order chi connectivity index (χ0) is 38.5. The summed E-state index contributed by atoms with van der Waals surface area (Å²) < 4.78 is 2.45. The Morgan fingerprint density at radius 2 is 0.983 bits per heavy atom. The summed E-state index contributed by atoms with van der Waals surface area (Å²) in [5.74, 6) is 0. The predicted octanol–water partition coefficient (Wildman–Crippen LogP) is 14.9. The van der Waals surface area contributed by atoms with Crippen LogP contribution in [0.25, 0.3) is 105 Å². The van der Waals surface area contributed by atoms with E-state index >= 15 is 0 Å². The van der Waals surface area contributed by atoms with Crippen molar-refractivity contribution in [2.24, 2.45) is 0 Å². The molecule has 0 fully saturated rings. The minimum absolute atomic E-state index is 0.0150. The lowest BCUT2D eigenvalue weighted by atomic mass is 9.82. The molecule has 0 amide bonds. The standard InChI is InChI=1S/C56H38N2/c1-56(2)50-25-11-10-21-44(50)48-33-35(26-29-51(48)56)36-27-31-53-49(34-36)47-24-13-23-40(55(47)58(53)39-16-4-3-5-17-39)37-14-12-15-38(32-37)52-30-28-46-43-20-7-6-18-41(43)42-19-8-9-22-45(42)54(46)57-52/h3-34H,1-2H3. The van der Waals surface area contributed by atoms with Crippen LogP contribution in [-0.4, -0.2) is 9.55 Å². The number of hydrogen-bond donors (Lipinski definition) is 0. The molecule has 9 aromatic carbocycles. The molecule has 1 aliphatic rings. The van der Waals surface area contributed by atoms with E-state index in [1.54, 1.807) is 0 Å². The van der Waals surface area contributed by atoms with Crippen LogP contribution >= 0.6 is 0 Å². The molecule has 0 bridgehead atoms. The molecule has 11 aromatic rings. The first kappa shape index (κ1) is 32.9. The van der Waals surface area contributed by atoms with Gasteiger partial charge in [-0.15, -0.1) is 0 Å². The quantitative estimate of drug-likeness (QED) is 0.164. The fourth-order valence-electron chi connectivity index (χ4n) is 9.99. The molecule has 0 spiro atoms. The van der Waals surface area contributed by atoms with Crippen molar-refractivity contribution in [2.75, 3.05) is 0 Å². The molecule has 12 rings (SSSR count).